The maximum atomic E-state index is 13.2. The number of hydrogen-bond acceptors (Lipinski definition) is 7. The lowest BCUT2D eigenvalue weighted by Crippen LogP contribution is -2.38. The first-order valence-electron chi connectivity index (χ1n) is 9.40. The number of phenols is 1. The van der Waals surface area contributed by atoms with E-state index in [2.05, 4.69) is 5.32 Å². The van der Waals surface area contributed by atoms with Gasteiger partial charge < -0.3 is 24.6 Å². The number of ether oxygens (including phenoxy) is 3. The summed E-state index contributed by atoms with van der Waals surface area (Å²) in [6, 6.07) is 3.25. The highest BCUT2D eigenvalue weighted by Crippen LogP contribution is 2.49. The van der Waals surface area contributed by atoms with E-state index in [1.54, 1.807) is 19.1 Å². The predicted molar refractivity (Wildman–Crippen MR) is 107 cm³/mol. The number of Topliss-reactive ketones (excluding diaryl/α,β-unsaturated/α-hetero) is 1. The van der Waals surface area contributed by atoms with E-state index in [1.807, 2.05) is 13.8 Å². The second kappa shape index (κ2) is 7.46. The maximum absolute atomic E-state index is 13.2. The Bertz CT molecular complexity index is 916. The molecule has 1 aromatic carbocycles. The third kappa shape index (κ3) is 3.57. The predicted octanol–water partition coefficient (Wildman–Crippen LogP) is 3.19. The number of ketones is 1. The molecule has 7 nitrogen and oxygen atoms in total. The standard InChI is InChI=1S/C22H27NO6/c1-11-17(21(26)29-6)18(12-7-15(27-4)20(25)16(8-12)28-5)19-13(23-11)9-22(2,3)10-14(19)24/h7-8,18,23,25H,9-10H2,1-6H3/t18-/m1/s1. The first kappa shape index (κ1) is 20.8. The van der Waals surface area contributed by atoms with Crippen LogP contribution in [0.15, 0.2) is 34.7 Å². The zero-order valence-corrected chi connectivity index (χ0v) is 17.6. The van der Waals surface area contributed by atoms with Gasteiger partial charge in [0, 0.05) is 29.3 Å². The number of methoxy groups -OCH3 is 3. The zero-order valence-electron chi connectivity index (χ0n) is 17.6. The van der Waals surface area contributed by atoms with Crippen LogP contribution in [0, 0.1) is 5.41 Å². The molecule has 2 aliphatic rings. The van der Waals surface area contributed by atoms with Crippen molar-refractivity contribution in [3.05, 3.63) is 40.2 Å². The van der Waals surface area contributed by atoms with Crippen molar-refractivity contribution in [3.8, 4) is 17.2 Å². The van der Waals surface area contributed by atoms with Gasteiger partial charge in [0.25, 0.3) is 0 Å². The molecule has 156 valence electrons. The quantitative estimate of drug-likeness (QED) is 0.748. The van der Waals surface area contributed by atoms with Gasteiger partial charge in [0.2, 0.25) is 5.75 Å². The highest BCUT2D eigenvalue weighted by Gasteiger charge is 2.43. The monoisotopic (exact) mass is 401 g/mol. The number of phenolic OH excluding ortho intramolecular Hbond substituents is 1. The van der Waals surface area contributed by atoms with Crippen molar-refractivity contribution in [2.24, 2.45) is 5.41 Å². The normalized spacial score (nSPS) is 20.8. The van der Waals surface area contributed by atoms with Crippen LogP contribution in [0.5, 0.6) is 17.2 Å². The highest BCUT2D eigenvalue weighted by atomic mass is 16.5. The van der Waals surface area contributed by atoms with Gasteiger partial charge in [-0.15, -0.1) is 0 Å². The Morgan fingerprint density at radius 2 is 1.72 bits per heavy atom. The van der Waals surface area contributed by atoms with Crippen LogP contribution >= 0.6 is 0 Å². The third-order valence-electron chi connectivity index (χ3n) is 5.48. The summed E-state index contributed by atoms with van der Waals surface area (Å²) in [5, 5.41) is 13.6. The van der Waals surface area contributed by atoms with Gasteiger partial charge in [-0.25, -0.2) is 4.79 Å². The number of allylic oxidation sites excluding steroid dienone is 3. The van der Waals surface area contributed by atoms with Crippen molar-refractivity contribution in [1.82, 2.24) is 5.32 Å². The van der Waals surface area contributed by atoms with E-state index in [-0.39, 0.29) is 28.4 Å². The summed E-state index contributed by atoms with van der Waals surface area (Å²) in [4.78, 5) is 25.9. The molecule has 1 aliphatic heterocycles. The summed E-state index contributed by atoms with van der Waals surface area (Å²) in [7, 11) is 4.18. The number of aromatic hydroxyl groups is 1. The van der Waals surface area contributed by atoms with E-state index in [0.717, 1.165) is 5.70 Å². The summed E-state index contributed by atoms with van der Waals surface area (Å²) >= 11 is 0. The molecule has 0 unspecified atom stereocenters. The van der Waals surface area contributed by atoms with Crippen molar-refractivity contribution >= 4 is 11.8 Å². The van der Waals surface area contributed by atoms with Crippen molar-refractivity contribution in [2.75, 3.05) is 21.3 Å². The molecule has 7 heteroatoms. The van der Waals surface area contributed by atoms with Crippen LogP contribution < -0.4 is 14.8 Å². The lowest BCUT2D eigenvalue weighted by atomic mass is 9.68. The van der Waals surface area contributed by atoms with E-state index in [4.69, 9.17) is 14.2 Å². The highest BCUT2D eigenvalue weighted by molar-refractivity contribution is 6.04. The van der Waals surface area contributed by atoms with Gasteiger partial charge in [-0.05, 0) is 36.5 Å². The van der Waals surface area contributed by atoms with Crippen molar-refractivity contribution < 1.29 is 28.9 Å². The molecule has 1 atom stereocenters. The molecule has 1 aliphatic carbocycles. The van der Waals surface area contributed by atoms with E-state index in [0.29, 0.717) is 35.2 Å². The summed E-state index contributed by atoms with van der Waals surface area (Å²) in [6.07, 6.45) is 1.06. The summed E-state index contributed by atoms with van der Waals surface area (Å²) in [5.41, 5.74) is 2.78. The molecule has 3 rings (SSSR count). The molecule has 0 fully saturated rings. The van der Waals surface area contributed by atoms with E-state index in [1.165, 1.54) is 21.3 Å². The van der Waals surface area contributed by atoms with Gasteiger partial charge in [-0.1, -0.05) is 13.8 Å². The zero-order chi connectivity index (χ0) is 21.5. The fourth-order valence-corrected chi connectivity index (χ4v) is 4.23. The molecule has 0 spiro atoms. The molecule has 0 bridgehead atoms. The van der Waals surface area contributed by atoms with E-state index < -0.39 is 11.9 Å². The minimum Gasteiger partial charge on any atom is -0.502 e. The molecule has 29 heavy (non-hydrogen) atoms. The van der Waals surface area contributed by atoms with Crippen molar-refractivity contribution in [1.29, 1.82) is 0 Å². The number of benzene rings is 1. The molecule has 1 aromatic rings. The van der Waals surface area contributed by atoms with Gasteiger partial charge in [-0.3, -0.25) is 4.79 Å². The van der Waals surface area contributed by atoms with Crippen molar-refractivity contribution in [3.63, 3.8) is 0 Å². The molecule has 0 radical (unpaired) electrons. The van der Waals surface area contributed by atoms with Gasteiger partial charge in [-0.2, -0.15) is 0 Å². The van der Waals surface area contributed by atoms with Crippen LogP contribution in [0.1, 0.15) is 45.1 Å². The second-order valence-electron chi connectivity index (χ2n) is 8.20. The van der Waals surface area contributed by atoms with Gasteiger partial charge in [0.15, 0.2) is 17.3 Å². The summed E-state index contributed by atoms with van der Waals surface area (Å²) < 4.78 is 15.6. The Morgan fingerprint density at radius 3 is 2.24 bits per heavy atom. The first-order valence-corrected chi connectivity index (χ1v) is 9.40. The lowest BCUT2D eigenvalue weighted by Gasteiger charge is -2.39. The van der Waals surface area contributed by atoms with Gasteiger partial charge in [0.05, 0.1) is 26.9 Å². The average Bonchev–Trinajstić information content (AvgIpc) is 2.65. The third-order valence-corrected chi connectivity index (χ3v) is 5.48. The number of esters is 1. The maximum Gasteiger partial charge on any atom is 0.336 e. The van der Waals surface area contributed by atoms with Crippen LogP contribution in [-0.4, -0.2) is 38.2 Å². The fraction of sp³-hybridized carbons (Fsp3) is 0.455. The van der Waals surface area contributed by atoms with Crippen LogP contribution in [-0.2, 0) is 14.3 Å². The molecule has 2 N–H and O–H groups in total. The molecule has 0 aromatic heterocycles. The molecule has 0 saturated heterocycles. The first-order chi connectivity index (χ1) is 13.6. The van der Waals surface area contributed by atoms with Crippen LogP contribution in [0.25, 0.3) is 0 Å². The number of carbonyl (C=O) groups excluding carboxylic acids is 2. The van der Waals surface area contributed by atoms with E-state index >= 15 is 0 Å². The number of nitrogens with one attached hydrogen (secondary N) is 1. The number of hydrogen-bond donors (Lipinski definition) is 2. The molecule has 0 saturated carbocycles. The van der Waals surface area contributed by atoms with Crippen LogP contribution in [0.3, 0.4) is 0 Å². The number of carbonyl (C=O) groups is 2. The average molecular weight is 401 g/mol. The summed E-state index contributed by atoms with van der Waals surface area (Å²) in [5.74, 6) is -0.927. The smallest absolute Gasteiger partial charge is 0.336 e. The van der Waals surface area contributed by atoms with Gasteiger partial charge >= 0.3 is 5.97 Å². The fourth-order valence-electron chi connectivity index (χ4n) is 4.23. The Morgan fingerprint density at radius 1 is 1.14 bits per heavy atom. The Balaban J connectivity index is 2.28. The van der Waals surface area contributed by atoms with Crippen LogP contribution in [0.4, 0.5) is 0 Å². The largest absolute Gasteiger partial charge is 0.502 e. The minimum absolute atomic E-state index is 0.0198. The topological polar surface area (TPSA) is 94.1 Å². The molecular formula is C22H27NO6. The molecule has 0 amide bonds. The van der Waals surface area contributed by atoms with Gasteiger partial charge in [0.1, 0.15) is 0 Å². The lowest BCUT2D eigenvalue weighted by molar-refractivity contribution is -0.136. The number of dihydropyridines is 1. The van der Waals surface area contributed by atoms with Crippen LogP contribution in [0.2, 0.25) is 0 Å². The molecular weight excluding hydrogens is 374 g/mol. The van der Waals surface area contributed by atoms with E-state index in [9.17, 15) is 14.7 Å². The molecule has 1 heterocycles. The number of rotatable bonds is 4. The Kier molecular flexibility index (Phi) is 5.34. The second-order valence-corrected chi connectivity index (χ2v) is 8.20. The van der Waals surface area contributed by atoms with Crippen molar-refractivity contribution in [2.45, 2.75) is 39.5 Å². The summed E-state index contributed by atoms with van der Waals surface area (Å²) in [6.45, 7) is 5.89. The Hall–Kier alpha value is -2.96. The minimum atomic E-state index is -0.648. The Labute approximate surface area is 170 Å². The SMILES string of the molecule is COC(=O)C1=C(C)NC2=C(C(=O)CC(C)(C)C2)[C@@H]1c1cc(OC)c(O)c(OC)c1.